The second-order valence-corrected chi connectivity index (χ2v) is 7.42. The van der Waals surface area contributed by atoms with E-state index in [1.807, 2.05) is 31.2 Å². The summed E-state index contributed by atoms with van der Waals surface area (Å²) in [6.07, 6.45) is 2.26. The number of hydrogen-bond acceptors (Lipinski definition) is 5. The van der Waals surface area contributed by atoms with Gasteiger partial charge in [0.05, 0.1) is 24.4 Å². The molecule has 31 heavy (non-hydrogen) atoms. The van der Waals surface area contributed by atoms with Gasteiger partial charge in [0.15, 0.2) is 0 Å². The van der Waals surface area contributed by atoms with E-state index < -0.39 is 0 Å². The van der Waals surface area contributed by atoms with Gasteiger partial charge in [-0.3, -0.25) is 10.2 Å². The number of amidine groups is 1. The number of rotatable bonds is 8. The Morgan fingerprint density at radius 3 is 2.29 bits per heavy atom. The highest BCUT2D eigenvalue weighted by Gasteiger charge is 2.19. The van der Waals surface area contributed by atoms with Crippen LogP contribution in [0.25, 0.3) is 11.4 Å². The summed E-state index contributed by atoms with van der Waals surface area (Å²) in [5, 5.41) is 11.9. The molecule has 8 nitrogen and oxygen atoms in total. The van der Waals surface area contributed by atoms with Crippen molar-refractivity contribution >= 4 is 11.8 Å². The Morgan fingerprint density at radius 1 is 1.13 bits per heavy atom. The molecule has 1 heterocycles. The fourth-order valence-electron chi connectivity index (χ4n) is 3.60. The summed E-state index contributed by atoms with van der Waals surface area (Å²) in [6, 6.07) is 14.3. The van der Waals surface area contributed by atoms with E-state index in [4.69, 9.17) is 15.9 Å². The molecule has 0 amide bonds. The van der Waals surface area contributed by atoms with Gasteiger partial charge in [0.1, 0.15) is 11.7 Å². The van der Waals surface area contributed by atoms with Gasteiger partial charge in [-0.15, -0.1) is 5.10 Å². The topological polar surface area (TPSA) is 116 Å². The Balaban J connectivity index is 1.87. The van der Waals surface area contributed by atoms with Crippen LogP contribution >= 0.6 is 0 Å². The third kappa shape index (κ3) is 4.74. The average molecular weight is 422 g/mol. The second kappa shape index (κ2) is 9.42. The van der Waals surface area contributed by atoms with Crippen molar-refractivity contribution in [2.75, 3.05) is 7.11 Å². The van der Waals surface area contributed by atoms with Gasteiger partial charge in [-0.25, -0.2) is 9.36 Å². The van der Waals surface area contributed by atoms with E-state index >= 15 is 0 Å². The second-order valence-electron chi connectivity index (χ2n) is 7.42. The normalized spacial score (nSPS) is 11.8. The molecule has 2 aromatic carbocycles. The molecule has 1 atom stereocenters. The van der Waals surface area contributed by atoms with Crippen LogP contribution < -0.4 is 11.4 Å². The van der Waals surface area contributed by atoms with Crippen LogP contribution in [-0.4, -0.2) is 33.3 Å². The summed E-state index contributed by atoms with van der Waals surface area (Å²) in [5.74, 6) is 0.141. The number of carbonyl (C=O) groups is 1. The number of nitrogens with two attached hydrogens (primary N) is 1. The Bertz CT molecular complexity index is 1130. The number of nitrogens with zero attached hydrogens (tertiary/aromatic N) is 3. The molecule has 162 valence electrons. The number of carbonyl (C=O) groups excluding carboxylic acids is 1. The maximum Gasteiger partial charge on any atom is 0.355 e. The van der Waals surface area contributed by atoms with Crippen LogP contribution in [0, 0.1) is 18.3 Å². The fourth-order valence-corrected chi connectivity index (χ4v) is 3.60. The lowest BCUT2D eigenvalue weighted by molar-refractivity contribution is -0.145. The van der Waals surface area contributed by atoms with Gasteiger partial charge in [0, 0.05) is 5.56 Å². The van der Waals surface area contributed by atoms with Gasteiger partial charge in [0.25, 0.3) is 0 Å². The average Bonchev–Trinajstić information content (AvgIpc) is 3.07. The van der Waals surface area contributed by atoms with E-state index in [0.29, 0.717) is 29.2 Å². The van der Waals surface area contributed by atoms with Crippen molar-refractivity contribution in [3.63, 3.8) is 0 Å². The van der Waals surface area contributed by atoms with E-state index in [-0.39, 0.29) is 23.4 Å². The smallest absolute Gasteiger partial charge is 0.355 e. The zero-order valence-electron chi connectivity index (χ0n) is 18.0. The Hall–Kier alpha value is -3.68. The lowest BCUT2D eigenvalue weighted by Crippen LogP contribution is -2.23. The number of benzene rings is 2. The molecule has 3 N–H and O–H groups in total. The van der Waals surface area contributed by atoms with Crippen LogP contribution in [0.3, 0.4) is 0 Å². The van der Waals surface area contributed by atoms with Crippen LogP contribution in [0.15, 0.2) is 53.3 Å². The standard InChI is InChI=1S/C23H27N5O3/c1-4-5-18(22(29)31-3)14-16-6-10-19(11-7-16)27-15(2)26-28(23(27)30)20-12-8-17(9-13-20)21(24)25/h6-13,18H,4-5,14H2,1-3H3,(H3,24,25). The number of aryl methyl sites for hydroxylation is 1. The Kier molecular flexibility index (Phi) is 6.69. The quantitative estimate of drug-likeness (QED) is 0.330. The molecule has 0 saturated heterocycles. The first-order valence-electron chi connectivity index (χ1n) is 10.2. The van der Waals surface area contributed by atoms with Crippen molar-refractivity contribution in [1.82, 2.24) is 14.3 Å². The molecule has 0 spiro atoms. The van der Waals surface area contributed by atoms with Crippen molar-refractivity contribution in [2.45, 2.75) is 33.1 Å². The van der Waals surface area contributed by atoms with Gasteiger partial charge >= 0.3 is 11.7 Å². The molecule has 0 fully saturated rings. The molecular formula is C23H27N5O3. The van der Waals surface area contributed by atoms with Crippen molar-refractivity contribution in [1.29, 1.82) is 5.41 Å². The first-order chi connectivity index (χ1) is 14.8. The molecule has 1 aromatic heterocycles. The molecule has 0 saturated carbocycles. The minimum atomic E-state index is -0.292. The first kappa shape index (κ1) is 22.0. The molecule has 0 aliphatic heterocycles. The molecule has 1 unspecified atom stereocenters. The summed E-state index contributed by atoms with van der Waals surface area (Å²) in [6.45, 7) is 3.81. The van der Waals surface area contributed by atoms with Gasteiger partial charge in [0.2, 0.25) is 0 Å². The molecule has 3 aromatic rings. The lowest BCUT2D eigenvalue weighted by atomic mass is 9.95. The predicted molar refractivity (Wildman–Crippen MR) is 119 cm³/mol. The van der Waals surface area contributed by atoms with E-state index in [1.165, 1.54) is 16.4 Å². The van der Waals surface area contributed by atoms with Crippen LogP contribution in [-0.2, 0) is 16.0 Å². The number of nitrogen functional groups attached to an aromatic ring is 1. The van der Waals surface area contributed by atoms with Crippen molar-refractivity contribution in [2.24, 2.45) is 11.7 Å². The van der Waals surface area contributed by atoms with Gasteiger partial charge in [-0.05, 0) is 61.7 Å². The fraction of sp³-hybridized carbons (Fsp3) is 0.304. The van der Waals surface area contributed by atoms with Crippen molar-refractivity contribution in [3.8, 4) is 11.4 Å². The predicted octanol–water partition coefficient (Wildman–Crippen LogP) is 2.75. The van der Waals surface area contributed by atoms with E-state index in [2.05, 4.69) is 5.10 Å². The third-order valence-electron chi connectivity index (χ3n) is 5.21. The molecule has 0 radical (unpaired) electrons. The number of hydrogen-bond donors (Lipinski definition) is 2. The summed E-state index contributed by atoms with van der Waals surface area (Å²) >= 11 is 0. The number of esters is 1. The largest absolute Gasteiger partial charge is 0.469 e. The monoisotopic (exact) mass is 421 g/mol. The lowest BCUT2D eigenvalue weighted by Gasteiger charge is -2.14. The van der Waals surface area contributed by atoms with Crippen LogP contribution in [0.2, 0.25) is 0 Å². The highest BCUT2D eigenvalue weighted by molar-refractivity contribution is 5.95. The minimum absolute atomic E-state index is 0.0333. The Morgan fingerprint density at radius 2 is 1.74 bits per heavy atom. The van der Waals surface area contributed by atoms with Gasteiger partial charge in [-0.1, -0.05) is 25.5 Å². The van der Waals surface area contributed by atoms with Crippen LogP contribution in [0.4, 0.5) is 0 Å². The number of nitrogens with one attached hydrogen (secondary N) is 1. The number of ether oxygens (including phenoxy) is 1. The SMILES string of the molecule is CCCC(Cc1ccc(-n2c(C)nn(-c3ccc(C(=N)N)cc3)c2=O)cc1)C(=O)OC. The molecule has 8 heteroatoms. The third-order valence-corrected chi connectivity index (χ3v) is 5.21. The summed E-state index contributed by atoms with van der Waals surface area (Å²) in [7, 11) is 1.41. The first-order valence-corrected chi connectivity index (χ1v) is 10.2. The zero-order chi connectivity index (χ0) is 22.5. The molecule has 0 aliphatic carbocycles. The van der Waals surface area contributed by atoms with Crippen LogP contribution in [0.5, 0.6) is 0 Å². The van der Waals surface area contributed by atoms with Crippen molar-refractivity contribution < 1.29 is 9.53 Å². The van der Waals surface area contributed by atoms with Gasteiger partial charge in [-0.2, -0.15) is 4.68 Å². The van der Waals surface area contributed by atoms with E-state index in [0.717, 1.165) is 18.4 Å². The molecule has 3 rings (SSSR count). The highest BCUT2D eigenvalue weighted by atomic mass is 16.5. The maximum atomic E-state index is 13.0. The molecule has 0 aliphatic rings. The number of aromatic nitrogens is 3. The van der Waals surface area contributed by atoms with Crippen molar-refractivity contribution in [3.05, 3.63) is 76.0 Å². The molecular weight excluding hydrogens is 394 g/mol. The van der Waals surface area contributed by atoms with E-state index in [9.17, 15) is 9.59 Å². The Labute approximate surface area is 180 Å². The zero-order valence-corrected chi connectivity index (χ0v) is 18.0. The summed E-state index contributed by atoms with van der Waals surface area (Å²) < 4.78 is 7.77. The van der Waals surface area contributed by atoms with Gasteiger partial charge < -0.3 is 10.5 Å². The maximum absolute atomic E-state index is 13.0. The summed E-state index contributed by atoms with van der Waals surface area (Å²) in [5.41, 5.74) is 8.07. The minimum Gasteiger partial charge on any atom is -0.469 e. The van der Waals surface area contributed by atoms with Crippen LogP contribution in [0.1, 0.15) is 36.7 Å². The summed E-state index contributed by atoms with van der Waals surface area (Å²) in [4.78, 5) is 25.0. The van der Waals surface area contributed by atoms with E-state index in [1.54, 1.807) is 31.2 Å². The number of methoxy groups -OCH3 is 1. The molecule has 0 bridgehead atoms. The highest BCUT2D eigenvalue weighted by Crippen LogP contribution is 2.18.